The Kier molecular flexibility index (Phi) is 6.56. The van der Waals surface area contributed by atoms with Crippen molar-refractivity contribution in [2.24, 2.45) is 0 Å². The van der Waals surface area contributed by atoms with Crippen LogP contribution in [0.5, 0.6) is 0 Å². The summed E-state index contributed by atoms with van der Waals surface area (Å²) in [6, 6.07) is 5.48. The van der Waals surface area contributed by atoms with Crippen LogP contribution in [-0.4, -0.2) is 24.9 Å². The monoisotopic (exact) mass is 326 g/mol. The maximum absolute atomic E-state index is 11.9. The SMILES string of the molecule is CCCNC(=O)CCNC(=O)c1cccc(Br)c1C. The highest BCUT2D eigenvalue weighted by molar-refractivity contribution is 9.10. The molecule has 0 spiro atoms. The number of amides is 2. The van der Waals surface area contributed by atoms with Crippen LogP contribution >= 0.6 is 15.9 Å². The van der Waals surface area contributed by atoms with E-state index >= 15 is 0 Å². The van der Waals surface area contributed by atoms with Crippen molar-refractivity contribution in [1.82, 2.24) is 10.6 Å². The number of carbonyl (C=O) groups is 2. The number of hydrogen-bond acceptors (Lipinski definition) is 2. The van der Waals surface area contributed by atoms with Gasteiger partial charge in [0, 0.05) is 29.5 Å². The van der Waals surface area contributed by atoms with Gasteiger partial charge in [0.15, 0.2) is 0 Å². The highest BCUT2D eigenvalue weighted by Gasteiger charge is 2.10. The number of hydrogen-bond donors (Lipinski definition) is 2. The lowest BCUT2D eigenvalue weighted by Gasteiger charge is -2.09. The summed E-state index contributed by atoms with van der Waals surface area (Å²) >= 11 is 3.39. The molecule has 0 radical (unpaired) electrons. The van der Waals surface area contributed by atoms with E-state index in [1.165, 1.54) is 0 Å². The predicted octanol–water partition coefficient (Wildman–Crippen LogP) is 2.40. The molecular weight excluding hydrogens is 308 g/mol. The van der Waals surface area contributed by atoms with E-state index in [4.69, 9.17) is 0 Å². The summed E-state index contributed by atoms with van der Waals surface area (Å²) in [5, 5.41) is 5.52. The van der Waals surface area contributed by atoms with E-state index in [2.05, 4.69) is 26.6 Å². The second kappa shape index (κ2) is 7.94. The summed E-state index contributed by atoms with van der Waals surface area (Å²) in [5.74, 6) is -0.185. The summed E-state index contributed by atoms with van der Waals surface area (Å²) < 4.78 is 0.904. The minimum atomic E-state index is -0.151. The summed E-state index contributed by atoms with van der Waals surface area (Å²) in [6.07, 6.45) is 1.22. The van der Waals surface area contributed by atoms with Crippen molar-refractivity contribution in [2.75, 3.05) is 13.1 Å². The predicted molar refractivity (Wildman–Crippen MR) is 79.1 cm³/mol. The lowest BCUT2D eigenvalue weighted by Crippen LogP contribution is -2.31. The van der Waals surface area contributed by atoms with Crippen molar-refractivity contribution in [2.45, 2.75) is 26.7 Å². The third-order valence-electron chi connectivity index (χ3n) is 2.72. The van der Waals surface area contributed by atoms with Crippen molar-refractivity contribution in [3.63, 3.8) is 0 Å². The molecule has 0 aliphatic rings. The smallest absolute Gasteiger partial charge is 0.251 e. The molecule has 0 unspecified atom stereocenters. The van der Waals surface area contributed by atoms with Crippen molar-refractivity contribution in [3.05, 3.63) is 33.8 Å². The van der Waals surface area contributed by atoms with Gasteiger partial charge in [-0.25, -0.2) is 0 Å². The van der Waals surface area contributed by atoms with E-state index in [9.17, 15) is 9.59 Å². The molecule has 0 saturated carbocycles. The van der Waals surface area contributed by atoms with Crippen molar-refractivity contribution in [3.8, 4) is 0 Å². The van der Waals surface area contributed by atoms with Crippen LogP contribution in [0.25, 0.3) is 0 Å². The number of halogens is 1. The van der Waals surface area contributed by atoms with Gasteiger partial charge in [-0.2, -0.15) is 0 Å². The van der Waals surface area contributed by atoms with E-state index in [1.54, 1.807) is 6.07 Å². The van der Waals surface area contributed by atoms with E-state index in [0.717, 1.165) is 16.5 Å². The number of nitrogens with one attached hydrogen (secondary N) is 2. The third-order valence-corrected chi connectivity index (χ3v) is 3.58. The first-order valence-corrected chi connectivity index (χ1v) is 7.15. The van der Waals surface area contributed by atoms with Gasteiger partial charge in [-0.1, -0.05) is 28.9 Å². The first-order valence-electron chi connectivity index (χ1n) is 6.36. The minimum absolute atomic E-state index is 0.0342. The maximum Gasteiger partial charge on any atom is 0.251 e. The van der Waals surface area contributed by atoms with Crippen LogP contribution < -0.4 is 10.6 Å². The van der Waals surface area contributed by atoms with Gasteiger partial charge < -0.3 is 10.6 Å². The van der Waals surface area contributed by atoms with Gasteiger partial charge in [-0.3, -0.25) is 9.59 Å². The molecule has 104 valence electrons. The molecule has 1 aromatic rings. The van der Waals surface area contributed by atoms with Crippen molar-refractivity contribution in [1.29, 1.82) is 0 Å². The molecule has 0 aromatic heterocycles. The van der Waals surface area contributed by atoms with Crippen LogP contribution in [0.4, 0.5) is 0 Å². The average molecular weight is 327 g/mol. The van der Waals surface area contributed by atoms with Crippen LogP contribution in [0.1, 0.15) is 35.7 Å². The fourth-order valence-electron chi connectivity index (χ4n) is 1.59. The summed E-state index contributed by atoms with van der Waals surface area (Å²) in [7, 11) is 0. The standard InChI is InChI=1S/C14H19BrN2O2/c1-3-8-16-13(18)7-9-17-14(19)11-5-4-6-12(15)10(11)2/h4-6H,3,7-9H2,1-2H3,(H,16,18)(H,17,19). The Morgan fingerprint density at radius 2 is 1.95 bits per heavy atom. The normalized spacial score (nSPS) is 10.1. The first-order chi connectivity index (χ1) is 9.06. The molecule has 2 N–H and O–H groups in total. The van der Waals surface area contributed by atoms with Crippen LogP contribution in [0, 0.1) is 6.92 Å². The van der Waals surface area contributed by atoms with E-state index in [-0.39, 0.29) is 11.8 Å². The minimum Gasteiger partial charge on any atom is -0.356 e. The molecule has 1 aromatic carbocycles. The zero-order valence-electron chi connectivity index (χ0n) is 11.3. The molecule has 0 aliphatic carbocycles. The first kappa shape index (κ1) is 15.7. The van der Waals surface area contributed by atoms with Crippen LogP contribution in [0.2, 0.25) is 0 Å². The molecule has 2 amide bonds. The van der Waals surface area contributed by atoms with Crippen LogP contribution in [0.15, 0.2) is 22.7 Å². The second-order valence-electron chi connectivity index (χ2n) is 4.27. The Morgan fingerprint density at radius 3 is 2.63 bits per heavy atom. The highest BCUT2D eigenvalue weighted by Crippen LogP contribution is 2.19. The third kappa shape index (κ3) is 5.03. The zero-order valence-corrected chi connectivity index (χ0v) is 12.8. The van der Waals surface area contributed by atoms with Gasteiger partial charge in [-0.05, 0) is 31.0 Å². The Hall–Kier alpha value is -1.36. The van der Waals surface area contributed by atoms with Crippen molar-refractivity contribution < 1.29 is 9.59 Å². The Morgan fingerprint density at radius 1 is 1.21 bits per heavy atom. The van der Waals surface area contributed by atoms with E-state index in [0.29, 0.717) is 25.1 Å². The maximum atomic E-state index is 11.9. The van der Waals surface area contributed by atoms with Gasteiger partial charge >= 0.3 is 0 Å². The molecule has 0 atom stereocenters. The summed E-state index contributed by atoms with van der Waals surface area (Å²) in [4.78, 5) is 23.3. The Labute approximate surface area is 122 Å². The molecular formula is C14H19BrN2O2. The van der Waals surface area contributed by atoms with Gasteiger partial charge in [0.05, 0.1) is 0 Å². The van der Waals surface area contributed by atoms with Gasteiger partial charge in [0.25, 0.3) is 5.91 Å². The number of rotatable bonds is 6. The molecule has 0 saturated heterocycles. The fourth-order valence-corrected chi connectivity index (χ4v) is 1.96. The van der Waals surface area contributed by atoms with Gasteiger partial charge in [-0.15, -0.1) is 0 Å². The molecule has 0 fully saturated rings. The van der Waals surface area contributed by atoms with Gasteiger partial charge in [0.1, 0.15) is 0 Å². The Bertz CT molecular complexity index is 461. The van der Waals surface area contributed by atoms with Crippen molar-refractivity contribution >= 4 is 27.7 Å². The second-order valence-corrected chi connectivity index (χ2v) is 5.12. The average Bonchev–Trinajstić information content (AvgIpc) is 2.39. The van der Waals surface area contributed by atoms with Gasteiger partial charge in [0.2, 0.25) is 5.91 Å². The molecule has 4 nitrogen and oxygen atoms in total. The lowest BCUT2D eigenvalue weighted by molar-refractivity contribution is -0.120. The molecule has 0 aliphatic heterocycles. The molecule has 0 bridgehead atoms. The topological polar surface area (TPSA) is 58.2 Å². The van der Waals surface area contributed by atoms with E-state index < -0.39 is 0 Å². The van der Waals surface area contributed by atoms with Crippen LogP contribution in [-0.2, 0) is 4.79 Å². The molecule has 5 heteroatoms. The molecule has 0 heterocycles. The van der Waals surface area contributed by atoms with E-state index in [1.807, 2.05) is 26.0 Å². The quantitative estimate of drug-likeness (QED) is 0.843. The molecule has 19 heavy (non-hydrogen) atoms. The lowest BCUT2D eigenvalue weighted by atomic mass is 10.1. The Balaban J connectivity index is 2.43. The summed E-state index contributed by atoms with van der Waals surface area (Å²) in [6.45, 7) is 4.91. The zero-order chi connectivity index (χ0) is 14.3. The number of carbonyl (C=O) groups excluding carboxylic acids is 2. The number of benzene rings is 1. The largest absolute Gasteiger partial charge is 0.356 e. The molecule has 1 rings (SSSR count). The van der Waals surface area contributed by atoms with Crippen LogP contribution in [0.3, 0.4) is 0 Å². The fraction of sp³-hybridized carbons (Fsp3) is 0.429. The highest BCUT2D eigenvalue weighted by atomic mass is 79.9. The summed E-state index contributed by atoms with van der Waals surface area (Å²) in [5.41, 5.74) is 1.53.